The summed E-state index contributed by atoms with van der Waals surface area (Å²) in [4.78, 5) is 52.3. The first-order valence-corrected chi connectivity index (χ1v) is 9.65. The van der Waals surface area contributed by atoms with Gasteiger partial charge in [-0.15, -0.1) is 0 Å². The van der Waals surface area contributed by atoms with E-state index in [2.05, 4.69) is 15.0 Å². The van der Waals surface area contributed by atoms with Crippen molar-refractivity contribution in [2.24, 2.45) is 15.9 Å². The zero-order chi connectivity index (χ0) is 20.0. The van der Waals surface area contributed by atoms with Gasteiger partial charge in [-0.1, -0.05) is 6.08 Å². The first kappa shape index (κ1) is 17.5. The van der Waals surface area contributed by atoms with Crippen LogP contribution in [-0.2, 0) is 4.79 Å². The Morgan fingerprint density at radius 2 is 1.97 bits per heavy atom. The number of likely N-dealkylation sites (tertiary alicyclic amines) is 1. The van der Waals surface area contributed by atoms with Crippen molar-refractivity contribution in [2.45, 2.75) is 18.9 Å². The van der Waals surface area contributed by atoms with Gasteiger partial charge >= 0.3 is 6.03 Å². The van der Waals surface area contributed by atoms with Gasteiger partial charge in [0.15, 0.2) is 0 Å². The molecule has 1 aromatic heterocycles. The van der Waals surface area contributed by atoms with E-state index in [-0.39, 0.29) is 23.7 Å². The Kier molecular flexibility index (Phi) is 4.12. The molecule has 1 atom stereocenters. The lowest BCUT2D eigenvalue weighted by atomic mass is 9.97. The molecule has 1 N–H and O–H groups in total. The van der Waals surface area contributed by atoms with Gasteiger partial charge in [0.2, 0.25) is 5.91 Å². The minimum atomic E-state index is -0.592. The van der Waals surface area contributed by atoms with Crippen molar-refractivity contribution in [3.8, 4) is 0 Å². The van der Waals surface area contributed by atoms with Gasteiger partial charge in [-0.05, 0) is 43.2 Å². The van der Waals surface area contributed by atoms with Crippen LogP contribution in [0, 0.1) is 5.92 Å². The van der Waals surface area contributed by atoms with E-state index in [0.29, 0.717) is 31.5 Å². The van der Waals surface area contributed by atoms with E-state index in [9.17, 15) is 14.4 Å². The summed E-state index contributed by atoms with van der Waals surface area (Å²) < 4.78 is 0. The monoisotopic (exact) mass is 389 g/mol. The number of amidine groups is 1. The molecule has 4 heterocycles. The summed E-state index contributed by atoms with van der Waals surface area (Å²) in [7, 11) is 0. The van der Waals surface area contributed by atoms with Crippen LogP contribution in [0.15, 0.2) is 52.6 Å². The van der Waals surface area contributed by atoms with Crippen LogP contribution in [0.2, 0.25) is 0 Å². The molecular weight excluding hydrogens is 370 g/mol. The van der Waals surface area contributed by atoms with Crippen LogP contribution in [0.3, 0.4) is 0 Å². The Morgan fingerprint density at radius 1 is 1.14 bits per heavy atom. The number of imide groups is 1. The summed E-state index contributed by atoms with van der Waals surface area (Å²) in [6.07, 6.45) is 7.86. The maximum absolute atomic E-state index is 12.9. The second kappa shape index (κ2) is 6.80. The normalized spacial score (nSPS) is 22.2. The van der Waals surface area contributed by atoms with E-state index < -0.39 is 11.9 Å². The molecule has 1 saturated heterocycles. The zero-order valence-electron chi connectivity index (χ0n) is 15.6. The summed E-state index contributed by atoms with van der Waals surface area (Å²) in [5.74, 6) is -0.652. The number of fused-ring (bicyclic) bond motifs is 2. The lowest BCUT2D eigenvalue weighted by molar-refractivity contribution is -0.131. The molecule has 8 heteroatoms. The fraction of sp³-hybridized carbons (Fsp3) is 0.286. The highest BCUT2D eigenvalue weighted by atomic mass is 16.2. The summed E-state index contributed by atoms with van der Waals surface area (Å²) in [5, 5.41) is 0.993. The minimum Gasteiger partial charge on any atom is -0.361 e. The highest BCUT2D eigenvalue weighted by Crippen LogP contribution is 2.26. The van der Waals surface area contributed by atoms with Crippen LogP contribution in [0.25, 0.3) is 10.9 Å². The molecule has 146 valence electrons. The number of benzene rings is 1. The molecule has 0 spiro atoms. The van der Waals surface area contributed by atoms with Crippen molar-refractivity contribution in [2.75, 3.05) is 13.1 Å². The number of hydrogen-bond acceptors (Lipinski definition) is 4. The van der Waals surface area contributed by atoms with Gasteiger partial charge in [-0.25, -0.2) is 9.79 Å². The van der Waals surface area contributed by atoms with Crippen LogP contribution in [0.5, 0.6) is 0 Å². The number of aliphatic imine (C=N–C) groups is 2. The third-order valence-corrected chi connectivity index (χ3v) is 5.71. The van der Waals surface area contributed by atoms with Crippen LogP contribution < -0.4 is 0 Å². The number of aromatic amines is 1. The summed E-state index contributed by atoms with van der Waals surface area (Å²) in [5.41, 5.74) is 1.63. The van der Waals surface area contributed by atoms with E-state index in [1.807, 2.05) is 30.5 Å². The number of urea groups is 1. The van der Waals surface area contributed by atoms with Gasteiger partial charge < -0.3 is 9.88 Å². The molecule has 3 aliphatic heterocycles. The zero-order valence-corrected chi connectivity index (χ0v) is 15.6. The van der Waals surface area contributed by atoms with E-state index in [4.69, 9.17) is 0 Å². The largest absolute Gasteiger partial charge is 0.361 e. The van der Waals surface area contributed by atoms with Gasteiger partial charge in [0.05, 0.1) is 0 Å². The highest BCUT2D eigenvalue weighted by Gasteiger charge is 2.41. The number of carbonyl (C=O) groups is 3. The van der Waals surface area contributed by atoms with Crippen LogP contribution in [0.1, 0.15) is 23.2 Å². The predicted molar refractivity (Wildman–Crippen MR) is 108 cm³/mol. The second-order valence-corrected chi connectivity index (χ2v) is 7.40. The molecule has 2 aromatic rings. The molecule has 29 heavy (non-hydrogen) atoms. The predicted octanol–water partition coefficient (Wildman–Crippen LogP) is 2.39. The smallest absolute Gasteiger partial charge is 0.352 e. The quantitative estimate of drug-likeness (QED) is 0.854. The fourth-order valence-electron chi connectivity index (χ4n) is 4.17. The molecule has 0 saturated carbocycles. The van der Waals surface area contributed by atoms with Crippen molar-refractivity contribution < 1.29 is 14.4 Å². The number of dihydropyridines is 1. The summed E-state index contributed by atoms with van der Waals surface area (Å²) in [6, 6.07) is 6.72. The number of H-pyrrole nitrogens is 1. The summed E-state index contributed by atoms with van der Waals surface area (Å²) in [6.45, 7) is 0.974. The Bertz CT molecular complexity index is 1100. The highest BCUT2D eigenvalue weighted by molar-refractivity contribution is 6.19. The summed E-state index contributed by atoms with van der Waals surface area (Å²) >= 11 is 0. The number of hydrogen-bond donors (Lipinski definition) is 1. The topological polar surface area (TPSA) is 98.2 Å². The lowest BCUT2D eigenvalue weighted by Crippen LogP contribution is -2.54. The van der Waals surface area contributed by atoms with E-state index in [0.717, 1.165) is 10.9 Å². The van der Waals surface area contributed by atoms with Crippen molar-refractivity contribution >= 4 is 40.8 Å². The third kappa shape index (κ3) is 2.97. The maximum Gasteiger partial charge on any atom is 0.352 e. The Labute approximate surface area is 166 Å². The van der Waals surface area contributed by atoms with Crippen molar-refractivity contribution in [1.29, 1.82) is 0 Å². The third-order valence-electron chi connectivity index (χ3n) is 5.71. The lowest BCUT2D eigenvalue weighted by Gasteiger charge is -2.39. The molecule has 8 nitrogen and oxygen atoms in total. The van der Waals surface area contributed by atoms with Crippen molar-refractivity contribution in [3.63, 3.8) is 0 Å². The minimum absolute atomic E-state index is 0.0345. The molecule has 0 radical (unpaired) electrons. The van der Waals surface area contributed by atoms with E-state index in [1.54, 1.807) is 17.1 Å². The van der Waals surface area contributed by atoms with Gasteiger partial charge in [-0.2, -0.15) is 4.99 Å². The van der Waals surface area contributed by atoms with Gasteiger partial charge in [0.1, 0.15) is 11.8 Å². The van der Waals surface area contributed by atoms with E-state index in [1.165, 1.54) is 11.1 Å². The molecule has 3 aliphatic rings. The fourth-order valence-corrected chi connectivity index (χ4v) is 4.17. The molecule has 4 amide bonds. The number of carbonyl (C=O) groups excluding carboxylic acids is 3. The molecule has 0 bridgehead atoms. The Balaban J connectivity index is 1.29. The number of rotatable bonds is 2. The standard InChI is InChI=1S/C21H19N5O3/c27-19(14-3-4-17-13(12-14)5-9-22-17)25-10-6-15(7-11-25)26-20(28)16-2-1-8-23-18(16)24-21(26)29/h1-5,8-9,12,15-16,22H,6-7,10-11H2. The number of aromatic nitrogens is 1. The van der Waals surface area contributed by atoms with E-state index >= 15 is 0 Å². The van der Waals surface area contributed by atoms with Crippen molar-refractivity contribution in [1.82, 2.24) is 14.8 Å². The number of nitrogens with zero attached hydrogens (tertiary/aromatic N) is 4. The molecule has 1 aromatic carbocycles. The molecule has 1 unspecified atom stereocenters. The Hall–Kier alpha value is -3.55. The van der Waals surface area contributed by atoms with Gasteiger partial charge in [-0.3, -0.25) is 14.5 Å². The molecule has 0 aliphatic carbocycles. The van der Waals surface area contributed by atoms with Crippen LogP contribution >= 0.6 is 0 Å². The average molecular weight is 389 g/mol. The molecule has 1 fully saturated rings. The van der Waals surface area contributed by atoms with Crippen LogP contribution in [0.4, 0.5) is 4.79 Å². The Morgan fingerprint density at radius 3 is 2.79 bits per heavy atom. The SMILES string of the molecule is O=C(c1ccc2[nH]ccc2c1)N1CCC(N2C(=O)N=C3N=CC=CC3C2=O)CC1. The first-order chi connectivity index (χ1) is 14.1. The average Bonchev–Trinajstić information content (AvgIpc) is 3.22. The number of piperidine rings is 1. The second-order valence-electron chi connectivity index (χ2n) is 7.40. The van der Waals surface area contributed by atoms with Crippen LogP contribution in [-0.4, -0.2) is 63.8 Å². The van der Waals surface area contributed by atoms with Gasteiger partial charge in [0.25, 0.3) is 5.91 Å². The molecule has 5 rings (SSSR count). The van der Waals surface area contributed by atoms with Crippen molar-refractivity contribution in [3.05, 3.63) is 48.2 Å². The number of allylic oxidation sites excluding steroid dienone is 1. The van der Waals surface area contributed by atoms with Gasteiger partial charge in [0, 0.05) is 48.0 Å². The first-order valence-electron chi connectivity index (χ1n) is 9.65. The maximum atomic E-state index is 12.9. The number of nitrogens with one attached hydrogen (secondary N) is 1. The molecular formula is C21H19N5O3. The number of amides is 4.